The summed E-state index contributed by atoms with van der Waals surface area (Å²) in [6.07, 6.45) is 3.51. The lowest BCUT2D eigenvalue weighted by Crippen LogP contribution is -2.48. The summed E-state index contributed by atoms with van der Waals surface area (Å²) in [4.78, 5) is 11.0. The zero-order valence-electron chi connectivity index (χ0n) is 8.80. The Morgan fingerprint density at radius 3 is 2.50 bits per heavy atom. The highest BCUT2D eigenvalue weighted by atomic mass is 16.5. The van der Waals surface area contributed by atoms with Crippen molar-refractivity contribution in [1.82, 2.24) is 5.32 Å². The molecular weight excluding hydrogens is 180 g/mol. The molecule has 0 atom stereocenters. The number of carbonyl (C=O) groups is 1. The van der Waals surface area contributed by atoms with Crippen molar-refractivity contribution in [2.45, 2.75) is 32.2 Å². The molecule has 4 nitrogen and oxygen atoms in total. The lowest BCUT2D eigenvalue weighted by atomic mass is 9.92. The zero-order chi connectivity index (χ0) is 10.6. The first kappa shape index (κ1) is 11.0. The van der Waals surface area contributed by atoms with Gasteiger partial charge >= 0.3 is 0 Å². The zero-order valence-corrected chi connectivity index (χ0v) is 8.80. The van der Waals surface area contributed by atoms with E-state index < -0.39 is 5.91 Å². The molecule has 1 rings (SSSR count). The number of hydrogen-bond acceptors (Lipinski definition) is 3. The number of nitrogens with two attached hydrogens (primary N) is 1. The molecule has 0 bridgehead atoms. The van der Waals surface area contributed by atoms with Crippen molar-refractivity contribution in [1.29, 1.82) is 0 Å². The van der Waals surface area contributed by atoms with Crippen LogP contribution in [0.15, 0.2) is 11.8 Å². The van der Waals surface area contributed by atoms with Gasteiger partial charge in [0.05, 0.1) is 5.70 Å². The van der Waals surface area contributed by atoms with Gasteiger partial charge in [-0.05, 0) is 26.7 Å². The molecule has 1 amide bonds. The van der Waals surface area contributed by atoms with Crippen LogP contribution < -0.4 is 11.1 Å². The van der Waals surface area contributed by atoms with Gasteiger partial charge in [-0.2, -0.15) is 0 Å². The van der Waals surface area contributed by atoms with Crippen molar-refractivity contribution < 1.29 is 9.53 Å². The first-order chi connectivity index (χ1) is 6.57. The van der Waals surface area contributed by atoms with Gasteiger partial charge in [0, 0.05) is 18.8 Å². The third kappa shape index (κ3) is 2.73. The predicted octanol–water partition coefficient (Wildman–Crippen LogP) is 0.534. The van der Waals surface area contributed by atoms with Crippen LogP contribution in [-0.4, -0.2) is 24.7 Å². The molecule has 0 aromatic carbocycles. The van der Waals surface area contributed by atoms with Crippen molar-refractivity contribution in [3.05, 3.63) is 11.8 Å². The second kappa shape index (κ2) is 4.46. The highest BCUT2D eigenvalue weighted by Gasteiger charge is 2.28. The summed E-state index contributed by atoms with van der Waals surface area (Å²) in [5, 5.41) is 3.19. The SMILES string of the molecule is CC=C(NC1(C)CCOCC1)C(N)=O. The smallest absolute Gasteiger partial charge is 0.264 e. The number of carbonyl (C=O) groups excluding carboxylic acids is 1. The lowest BCUT2D eigenvalue weighted by molar-refractivity contribution is -0.115. The first-order valence-electron chi connectivity index (χ1n) is 4.89. The lowest BCUT2D eigenvalue weighted by Gasteiger charge is -2.35. The van der Waals surface area contributed by atoms with Crippen molar-refractivity contribution in [2.24, 2.45) is 5.73 Å². The molecule has 0 aliphatic carbocycles. The molecule has 0 spiro atoms. The Morgan fingerprint density at radius 1 is 1.50 bits per heavy atom. The van der Waals surface area contributed by atoms with Crippen LogP contribution in [0, 0.1) is 0 Å². The van der Waals surface area contributed by atoms with E-state index in [1.165, 1.54) is 0 Å². The molecule has 1 saturated heterocycles. The molecular formula is C10H18N2O2. The Kier molecular flexibility index (Phi) is 3.52. The number of hydrogen-bond donors (Lipinski definition) is 2. The van der Waals surface area contributed by atoms with Crippen molar-refractivity contribution in [3.8, 4) is 0 Å². The Labute approximate surface area is 84.5 Å². The van der Waals surface area contributed by atoms with Gasteiger partial charge in [0.15, 0.2) is 0 Å². The van der Waals surface area contributed by atoms with E-state index >= 15 is 0 Å². The van der Waals surface area contributed by atoms with Crippen LogP contribution >= 0.6 is 0 Å². The fraction of sp³-hybridized carbons (Fsp3) is 0.700. The molecule has 4 heteroatoms. The molecule has 0 aromatic heterocycles. The second-order valence-corrected chi connectivity index (χ2v) is 3.86. The average molecular weight is 198 g/mol. The fourth-order valence-corrected chi connectivity index (χ4v) is 1.55. The number of primary amides is 1. The van der Waals surface area contributed by atoms with Gasteiger partial charge < -0.3 is 15.8 Å². The summed E-state index contributed by atoms with van der Waals surface area (Å²) < 4.78 is 5.26. The summed E-state index contributed by atoms with van der Waals surface area (Å²) in [7, 11) is 0. The molecule has 0 aromatic rings. The molecule has 1 heterocycles. The first-order valence-corrected chi connectivity index (χ1v) is 4.89. The minimum absolute atomic E-state index is 0.0604. The van der Waals surface area contributed by atoms with Gasteiger partial charge in [0.2, 0.25) is 0 Å². The summed E-state index contributed by atoms with van der Waals surface area (Å²) >= 11 is 0. The van der Waals surface area contributed by atoms with Crippen LogP contribution in [0.1, 0.15) is 26.7 Å². The predicted molar refractivity (Wildman–Crippen MR) is 54.5 cm³/mol. The number of ether oxygens (including phenoxy) is 1. The molecule has 1 aliphatic rings. The van der Waals surface area contributed by atoms with Crippen LogP contribution in [-0.2, 0) is 9.53 Å². The number of allylic oxidation sites excluding steroid dienone is 1. The van der Waals surface area contributed by atoms with E-state index in [0.717, 1.165) is 26.1 Å². The number of nitrogens with one attached hydrogen (secondary N) is 1. The van der Waals surface area contributed by atoms with E-state index in [1.807, 2.05) is 0 Å². The normalized spacial score (nSPS) is 21.7. The third-order valence-corrected chi connectivity index (χ3v) is 2.59. The largest absolute Gasteiger partial charge is 0.381 e. The maximum atomic E-state index is 11.0. The topological polar surface area (TPSA) is 64.3 Å². The summed E-state index contributed by atoms with van der Waals surface area (Å²) in [6.45, 7) is 5.36. The molecule has 0 unspecified atom stereocenters. The van der Waals surface area contributed by atoms with Crippen molar-refractivity contribution in [3.63, 3.8) is 0 Å². The minimum Gasteiger partial charge on any atom is -0.381 e. The van der Waals surface area contributed by atoms with Crippen LogP contribution in [0.5, 0.6) is 0 Å². The van der Waals surface area contributed by atoms with Gasteiger partial charge in [-0.3, -0.25) is 4.79 Å². The van der Waals surface area contributed by atoms with Gasteiger partial charge in [0.1, 0.15) is 0 Å². The molecule has 80 valence electrons. The van der Waals surface area contributed by atoms with Gasteiger partial charge in [0.25, 0.3) is 5.91 Å². The van der Waals surface area contributed by atoms with E-state index in [2.05, 4.69) is 12.2 Å². The van der Waals surface area contributed by atoms with E-state index in [-0.39, 0.29) is 5.54 Å². The summed E-state index contributed by atoms with van der Waals surface area (Å²) in [5.41, 5.74) is 5.66. The van der Waals surface area contributed by atoms with Gasteiger partial charge in [-0.1, -0.05) is 6.08 Å². The van der Waals surface area contributed by atoms with E-state index in [1.54, 1.807) is 13.0 Å². The molecule has 14 heavy (non-hydrogen) atoms. The maximum Gasteiger partial charge on any atom is 0.264 e. The summed E-state index contributed by atoms with van der Waals surface area (Å²) in [6, 6.07) is 0. The Balaban J connectivity index is 2.60. The summed E-state index contributed by atoms with van der Waals surface area (Å²) in [5.74, 6) is -0.403. The van der Waals surface area contributed by atoms with Crippen LogP contribution in [0.2, 0.25) is 0 Å². The van der Waals surface area contributed by atoms with Crippen LogP contribution in [0.4, 0.5) is 0 Å². The standard InChI is InChI=1S/C10H18N2O2/c1-3-8(9(11)13)12-10(2)4-6-14-7-5-10/h3,12H,4-7H2,1-2H3,(H2,11,13). The highest BCUT2D eigenvalue weighted by Crippen LogP contribution is 2.20. The average Bonchev–Trinajstić information content (AvgIpc) is 2.15. The van der Waals surface area contributed by atoms with E-state index in [9.17, 15) is 4.79 Å². The monoisotopic (exact) mass is 198 g/mol. The molecule has 0 radical (unpaired) electrons. The van der Waals surface area contributed by atoms with Crippen LogP contribution in [0.25, 0.3) is 0 Å². The fourth-order valence-electron chi connectivity index (χ4n) is 1.55. The van der Waals surface area contributed by atoms with Crippen molar-refractivity contribution >= 4 is 5.91 Å². The Bertz CT molecular complexity index is 243. The third-order valence-electron chi connectivity index (χ3n) is 2.59. The molecule has 1 aliphatic heterocycles. The minimum atomic E-state index is -0.403. The quantitative estimate of drug-likeness (QED) is 0.650. The maximum absolute atomic E-state index is 11.0. The number of amides is 1. The molecule has 1 fully saturated rings. The Morgan fingerprint density at radius 2 is 2.07 bits per heavy atom. The van der Waals surface area contributed by atoms with Gasteiger partial charge in [-0.15, -0.1) is 0 Å². The Hall–Kier alpha value is -1.03. The highest BCUT2D eigenvalue weighted by molar-refractivity contribution is 5.91. The van der Waals surface area contributed by atoms with Crippen molar-refractivity contribution in [2.75, 3.05) is 13.2 Å². The molecule has 0 saturated carbocycles. The van der Waals surface area contributed by atoms with E-state index in [4.69, 9.17) is 10.5 Å². The number of rotatable bonds is 3. The second-order valence-electron chi connectivity index (χ2n) is 3.86. The molecule has 3 N–H and O–H groups in total. The van der Waals surface area contributed by atoms with Crippen LogP contribution in [0.3, 0.4) is 0 Å². The van der Waals surface area contributed by atoms with E-state index in [0.29, 0.717) is 5.70 Å². The van der Waals surface area contributed by atoms with Gasteiger partial charge in [-0.25, -0.2) is 0 Å².